The molecule has 212 valence electrons. The molecular formula is C30H47N3O5. The summed E-state index contributed by atoms with van der Waals surface area (Å²) >= 11 is 0. The minimum absolute atomic E-state index is 0.326. The summed E-state index contributed by atoms with van der Waals surface area (Å²) in [7, 11) is 0. The van der Waals surface area contributed by atoms with Crippen LogP contribution in [0.1, 0.15) is 97.7 Å². The third-order valence-electron chi connectivity index (χ3n) is 6.06. The van der Waals surface area contributed by atoms with Crippen LogP contribution in [0.3, 0.4) is 0 Å². The lowest BCUT2D eigenvalue weighted by molar-refractivity contribution is -0.146. The number of nitrogens with zero attached hydrogens (tertiary/aromatic N) is 1. The van der Waals surface area contributed by atoms with E-state index in [2.05, 4.69) is 37.3 Å². The molecule has 8 heteroatoms. The van der Waals surface area contributed by atoms with E-state index in [0.29, 0.717) is 30.0 Å². The number of aliphatic hydroxyl groups excluding tert-OH is 1. The summed E-state index contributed by atoms with van der Waals surface area (Å²) in [5.74, 6) is 2.07. The number of carbonyl (C=O) groups is 3. The fraction of sp³-hybridized carbons (Fsp3) is 0.633. The standard InChI is InChI=1S/C30H47N3O5/c1-9-11-12-19-31-27(35)26(24-17-15-23(10-2)16-18-24)33(22(5)14-13-21(3)4)28(36)25(20-34)32-29(37)38-30(6,7)8/h2,15-18,21-22,25-26,34H,9,11-14,19-20H2,1,3-8H3,(H,31,35)(H,32,37). The van der Waals surface area contributed by atoms with Gasteiger partial charge in [0.1, 0.15) is 17.7 Å². The molecule has 0 saturated heterocycles. The van der Waals surface area contributed by atoms with E-state index in [1.165, 1.54) is 4.90 Å². The molecule has 3 amide bonds. The van der Waals surface area contributed by atoms with Gasteiger partial charge in [0.25, 0.3) is 0 Å². The molecule has 0 aliphatic rings. The average Bonchev–Trinajstić information content (AvgIpc) is 2.85. The SMILES string of the molecule is C#Cc1ccc(C(C(=O)NCCCCC)N(C(=O)C(CO)NC(=O)OC(C)(C)C)C(C)CCC(C)C)cc1. The Morgan fingerprint density at radius 2 is 1.71 bits per heavy atom. The molecular weight excluding hydrogens is 482 g/mol. The van der Waals surface area contributed by atoms with E-state index in [-0.39, 0.29) is 11.9 Å². The molecule has 3 atom stereocenters. The Balaban J connectivity index is 3.48. The van der Waals surface area contributed by atoms with Gasteiger partial charge in [0.15, 0.2) is 0 Å². The Morgan fingerprint density at radius 1 is 1.08 bits per heavy atom. The predicted octanol–water partition coefficient (Wildman–Crippen LogP) is 4.55. The van der Waals surface area contributed by atoms with Gasteiger partial charge in [-0.2, -0.15) is 0 Å². The van der Waals surface area contributed by atoms with E-state index in [1.807, 2.05) is 6.92 Å². The topological polar surface area (TPSA) is 108 Å². The fourth-order valence-electron chi connectivity index (χ4n) is 4.01. The molecule has 0 aliphatic carbocycles. The third-order valence-corrected chi connectivity index (χ3v) is 6.06. The second-order valence-electron chi connectivity index (χ2n) is 11.1. The number of unbranched alkanes of at least 4 members (excludes halogenated alkanes) is 2. The number of benzene rings is 1. The van der Waals surface area contributed by atoms with Crippen molar-refractivity contribution in [1.29, 1.82) is 0 Å². The highest BCUT2D eigenvalue weighted by molar-refractivity contribution is 5.92. The van der Waals surface area contributed by atoms with Crippen molar-refractivity contribution in [3.63, 3.8) is 0 Å². The summed E-state index contributed by atoms with van der Waals surface area (Å²) in [4.78, 5) is 41.6. The van der Waals surface area contributed by atoms with Crippen LogP contribution in [0.25, 0.3) is 0 Å². The smallest absolute Gasteiger partial charge is 0.408 e. The van der Waals surface area contributed by atoms with Gasteiger partial charge in [0.2, 0.25) is 11.8 Å². The third kappa shape index (κ3) is 11.1. The van der Waals surface area contributed by atoms with E-state index in [1.54, 1.807) is 45.0 Å². The van der Waals surface area contributed by atoms with E-state index >= 15 is 0 Å². The quantitative estimate of drug-likeness (QED) is 0.242. The van der Waals surface area contributed by atoms with Crippen molar-refractivity contribution in [2.24, 2.45) is 5.92 Å². The minimum atomic E-state index is -1.29. The molecule has 0 radical (unpaired) electrons. The van der Waals surface area contributed by atoms with Crippen molar-refractivity contribution >= 4 is 17.9 Å². The van der Waals surface area contributed by atoms with Crippen LogP contribution in [0.2, 0.25) is 0 Å². The second-order valence-corrected chi connectivity index (χ2v) is 11.1. The van der Waals surface area contributed by atoms with Crippen LogP contribution < -0.4 is 10.6 Å². The van der Waals surface area contributed by atoms with E-state index in [4.69, 9.17) is 11.2 Å². The number of hydrogen-bond acceptors (Lipinski definition) is 5. The molecule has 0 aromatic heterocycles. The normalized spacial score (nSPS) is 13.7. The van der Waals surface area contributed by atoms with Crippen LogP contribution in [0.4, 0.5) is 4.79 Å². The summed E-state index contributed by atoms with van der Waals surface area (Å²) in [6.07, 6.45) is 8.98. The maximum atomic E-state index is 14.0. The monoisotopic (exact) mass is 529 g/mol. The van der Waals surface area contributed by atoms with Gasteiger partial charge in [-0.3, -0.25) is 9.59 Å². The lowest BCUT2D eigenvalue weighted by Gasteiger charge is -2.38. The number of aliphatic hydroxyl groups is 1. The van der Waals surface area contributed by atoms with Gasteiger partial charge in [0, 0.05) is 18.2 Å². The molecule has 0 heterocycles. The summed E-state index contributed by atoms with van der Waals surface area (Å²) in [5, 5.41) is 15.6. The number of carbonyl (C=O) groups excluding carboxylic acids is 3. The van der Waals surface area contributed by atoms with Crippen molar-refractivity contribution < 1.29 is 24.2 Å². The van der Waals surface area contributed by atoms with Gasteiger partial charge in [0.05, 0.1) is 6.61 Å². The number of ether oxygens (including phenoxy) is 1. The average molecular weight is 530 g/mol. The van der Waals surface area contributed by atoms with Crippen LogP contribution in [-0.2, 0) is 14.3 Å². The molecule has 1 aromatic carbocycles. The number of alkyl carbamates (subject to hydrolysis) is 1. The lowest BCUT2D eigenvalue weighted by Crippen LogP contribution is -2.56. The molecule has 0 aliphatic heterocycles. The van der Waals surface area contributed by atoms with Crippen molar-refractivity contribution in [3.05, 3.63) is 35.4 Å². The molecule has 0 saturated carbocycles. The largest absolute Gasteiger partial charge is 0.444 e. The maximum Gasteiger partial charge on any atom is 0.408 e. The van der Waals surface area contributed by atoms with Gasteiger partial charge >= 0.3 is 6.09 Å². The number of rotatable bonds is 14. The van der Waals surface area contributed by atoms with Gasteiger partial charge in [-0.05, 0) is 70.6 Å². The Morgan fingerprint density at radius 3 is 2.21 bits per heavy atom. The molecule has 0 bridgehead atoms. The van der Waals surface area contributed by atoms with Crippen molar-refractivity contribution in [2.45, 2.75) is 104 Å². The number of amides is 3. The molecule has 0 fully saturated rings. The van der Waals surface area contributed by atoms with Crippen LogP contribution >= 0.6 is 0 Å². The Hall–Kier alpha value is -3.05. The van der Waals surface area contributed by atoms with Crippen molar-refractivity contribution in [2.75, 3.05) is 13.2 Å². The van der Waals surface area contributed by atoms with Crippen LogP contribution in [-0.4, -0.2) is 58.8 Å². The Kier molecular flexibility index (Phi) is 13.9. The lowest BCUT2D eigenvalue weighted by atomic mass is 9.96. The van der Waals surface area contributed by atoms with Gasteiger partial charge < -0.3 is 25.4 Å². The van der Waals surface area contributed by atoms with Crippen molar-refractivity contribution in [3.8, 4) is 12.3 Å². The minimum Gasteiger partial charge on any atom is -0.444 e. The van der Waals surface area contributed by atoms with Gasteiger partial charge in [-0.1, -0.05) is 51.7 Å². The fourth-order valence-corrected chi connectivity index (χ4v) is 4.01. The number of terminal acetylenes is 1. The first-order chi connectivity index (χ1) is 17.8. The first kappa shape index (κ1) is 33.0. The first-order valence-corrected chi connectivity index (χ1v) is 13.6. The molecule has 38 heavy (non-hydrogen) atoms. The van der Waals surface area contributed by atoms with Crippen LogP contribution in [0.5, 0.6) is 0 Å². The molecule has 3 N–H and O–H groups in total. The van der Waals surface area contributed by atoms with Crippen LogP contribution in [0.15, 0.2) is 24.3 Å². The predicted molar refractivity (Wildman–Crippen MR) is 150 cm³/mol. The second kappa shape index (κ2) is 16.0. The number of nitrogens with one attached hydrogen (secondary N) is 2. The van der Waals surface area contributed by atoms with Gasteiger partial charge in [-0.15, -0.1) is 6.42 Å². The maximum absolute atomic E-state index is 14.0. The Bertz CT molecular complexity index is 931. The Labute approximate surface area is 228 Å². The zero-order chi connectivity index (χ0) is 28.9. The van der Waals surface area contributed by atoms with Crippen LogP contribution in [0, 0.1) is 18.3 Å². The highest BCUT2D eigenvalue weighted by Gasteiger charge is 2.38. The van der Waals surface area contributed by atoms with E-state index in [9.17, 15) is 19.5 Å². The first-order valence-electron chi connectivity index (χ1n) is 13.6. The highest BCUT2D eigenvalue weighted by Crippen LogP contribution is 2.28. The molecule has 1 rings (SSSR count). The van der Waals surface area contributed by atoms with Gasteiger partial charge in [-0.25, -0.2) is 4.79 Å². The number of hydrogen-bond donors (Lipinski definition) is 3. The molecule has 1 aromatic rings. The highest BCUT2D eigenvalue weighted by atomic mass is 16.6. The van der Waals surface area contributed by atoms with E-state index in [0.717, 1.165) is 25.7 Å². The molecule has 8 nitrogen and oxygen atoms in total. The summed E-state index contributed by atoms with van der Waals surface area (Å²) in [5.41, 5.74) is 0.467. The molecule has 3 unspecified atom stereocenters. The van der Waals surface area contributed by atoms with Crippen molar-refractivity contribution in [1.82, 2.24) is 15.5 Å². The summed E-state index contributed by atoms with van der Waals surface area (Å²) in [6, 6.07) is 4.33. The zero-order valence-electron chi connectivity index (χ0n) is 24.2. The summed E-state index contributed by atoms with van der Waals surface area (Å²) in [6.45, 7) is 13.1. The van der Waals surface area contributed by atoms with E-state index < -0.39 is 36.3 Å². The summed E-state index contributed by atoms with van der Waals surface area (Å²) < 4.78 is 5.30. The molecule has 0 spiro atoms. The zero-order valence-corrected chi connectivity index (χ0v) is 24.2.